The quantitative estimate of drug-likeness (QED) is 0.281. The molecule has 0 bridgehead atoms. The van der Waals surface area contributed by atoms with Gasteiger partial charge in [0.15, 0.2) is 12.6 Å². The minimum absolute atomic E-state index is 0.234. The molecule has 0 aromatic heterocycles. The third-order valence-electron chi connectivity index (χ3n) is 6.85. The highest BCUT2D eigenvalue weighted by Gasteiger charge is 2.42. The van der Waals surface area contributed by atoms with Crippen LogP contribution in [0.1, 0.15) is 51.9 Å². The average Bonchev–Trinajstić information content (AvgIpc) is 3.19. The minimum Gasteiger partial charge on any atom is -0.491 e. The molecular weight excluding hydrogens is 496 g/mol. The predicted molar refractivity (Wildman–Crippen MR) is 139 cm³/mol. The maximum atomic E-state index is 11.6. The van der Waals surface area contributed by atoms with Crippen LogP contribution in [0.15, 0.2) is 36.4 Å². The van der Waals surface area contributed by atoms with Crippen LogP contribution in [0.2, 0.25) is 5.02 Å². The summed E-state index contributed by atoms with van der Waals surface area (Å²) in [5.74, 6) is 5.39. The van der Waals surface area contributed by atoms with Crippen molar-refractivity contribution in [1.82, 2.24) is 0 Å². The maximum absolute atomic E-state index is 11.6. The number of carbonyl (C=O) groups excluding carboxylic acids is 1. The molecule has 0 spiro atoms. The van der Waals surface area contributed by atoms with Crippen molar-refractivity contribution in [3.05, 3.63) is 41.4 Å². The number of halogens is 1. The van der Waals surface area contributed by atoms with Crippen LogP contribution in [-0.2, 0) is 23.7 Å². The van der Waals surface area contributed by atoms with Crippen molar-refractivity contribution in [3.8, 4) is 17.6 Å². The van der Waals surface area contributed by atoms with Gasteiger partial charge in [-0.3, -0.25) is 4.79 Å². The molecule has 1 N–H and O–H groups in total. The van der Waals surface area contributed by atoms with Crippen LogP contribution in [0.3, 0.4) is 0 Å². The average molecular weight is 533 g/mol. The molecule has 2 saturated heterocycles. The molecule has 1 saturated carbocycles. The van der Waals surface area contributed by atoms with Gasteiger partial charge in [-0.05, 0) is 68.7 Å². The molecule has 7 unspecified atom stereocenters. The summed E-state index contributed by atoms with van der Waals surface area (Å²) in [6.07, 6.45) is 8.16. The number of benzene rings is 1. The molecule has 37 heavy (non-hydrogen) atoms. The topological polar surface area (TPSA) is 83.5 Å². The monoisotopic (exact) mass is 532 g/mol. The first-order valence-electron chi connectivity index (χ1n) is 13.3. The number of carbonyl (C=O) groups is 1. The Kier molecular flexibility index (Phi) is 10.9. The predicted octanol–water partition coefficient (Wildman–Crippen LogP) is 4.69. The zero-order valence-corrected chi connectivity index (χ0v) is 22.1. The summed E-state index contributed by atoms with van der Waals surface area (Å²) in [7, 11) is 0. The number of ether oxygens (including phenoxy) is 5. The molecule has 7 nitrogen and oxygen atoms in total. The van der Waals surface area contributed by atoms with Crippen molar-refractivity contribution in [3.63, 3.8) is 0 Å². The van der Waals surface area contributed by atoms with E-state index in [9.17, 15) is 9.90 Å². The summed E-state index contributed by atoms with van der Waals surface area (Å²) in [6, 6.07) is 7.19. The normalized spacial score (nSPS) is 31.0. The Hall–Kier alpha value is -1.92. The Labute approximate surface area is 224 Å². The second-order valence-electron chi connectivity index (χ2n) is 9.82. The highest BCUT2D eigenvalue weighted by molar-refractivity contribution is 6.30. The lowest BCUT2D eigenvalue weighted by Gasteiger charge is -2.29. The van der Waals surface area contributed by atoms with Crippen LogP contribution in [0, 0.1) is 23.7 Å². The molecule has 3 aliphatic rings. The molecule has 1 aromatic rings. The van der Waals surface area contributed by atoms with E-state index in [1.165, 1.54) is 6.92 Å². The van der Waals surface area contributed by atoms with Crippen LogP contribution >= 0.6 is 11.6 Å². The molecule has 2 aliphatic heterocycles. The van der Waals surface area contributed by atoms with Crippen molar-refractivity contribution in [2.45, 2.75) is 82.8 Å². The Morgan fingerprint density at radius 3 is 2.49 bits per heavy atom. The lowest BCUT2D eigenvalue weighted by molar-refractivity contribution is -0.193. The van der Waals surface area contributed by atoms with Gasteiger partial charge in [-0.25, -0.2) is 0 Å². The van der Waals surface area contributed by atoms with E-state index in [1.807, 2.05) is 24.3 Å². The molecule has 3 fully saturated rings. The van der Waals surface area contributed by atoms with Crippen LogP contribution in [0.4, 0.5) is 0 Å². The van der Waals surface area contributed by atoms with E-state index in [-0.39, 0.29) is 37.0 Å². The van der Waals surface area contributed by atoms with E-state index in [0.29, 0.717) is 30.4 Å². The number of hydrogen-bond donors (Lipinski definition) is 1. The van der Waals surface area contributed by atoms with Gasteiger partial charge in [0.05, 0.1) is 18.1 Å². The molecular formula is C29H37ClO7. The molecule has 7 atom stereocenters. The van der Waals surface area contributed by atoms with Crippen LogP contribution in [0.5, 0.6) is 5.75 Å². The largest absolute Gasteiger partial charge is 0.491 e. The summed E-state index contributed by atoms with van der Waals surface area (Å²) in [5.41, 5.74) is 0. The number of ketones is 1. The van der Waals surface area contributed by atoms with Crippen LogP contribution in [0.25, 0.3) is 0 Å². The first-order valence-corrected chi connectivity index (χ1v) is 13.7. The third-order valence-corrected chi connectivity index (χ3v) is 7.10. The first kappa shape index (κ1) is 28.1. The smallest absolute Gasteiger partial charge is 0.202 e. The second kappa shape index (κ2) is 14.3. The van der Waals surface area contributed by atoms with Gasteiger partial charge in [-0.1, -0.05) is 29.7 Å². The zero-order chi connectivity index (χ0) is 26.0. The summed E-state index contributed by atoms with van der Waals surface area (Å²) in [4.78, 5) is 11.6. The number of rotatable bonds is 9. The fourth-order valence-corrected chi connectivity index (χ4v) is 5.05. The van der Waals surface area contributed by atoms with Gasteiger partial charge < -0.3 is 28.8 Å². The summed E-state index contributed by atoms with van der Waals surface area (Å²) in [6.45, 7) is 3.04. The van der Waals surface area contributed by atoms with Gasteiger partial charge in [-0.15, -0.1) is 0 Å². The van der Waals surface area contributed by atoms with Gasteiger partial charge >= 0.3 is 0 Å². The van der Waals surface area contributed by atoms with Crippen molar-refractivity contribution >= 4 is 17.4 Å². The van der Waals surface area contributed by atoms with E-state index in [4.69, 9.17) is 35.3 Å². The fraction of sp³-hybridized carbons (Fsp3) is 0.621. The van der Waals surface area contributed by atoms with Gasteiger partial charge in [-0.2, -0.15) is 0 Å². The maximum Gasteiger partial charge on any atom is 0.202 e. The molecule has 1 aliphatic carbocycles. The zero-order valence-electron chi connectivity index (χ0n) is 21.4. The summed E-state index contributed by atoms with van der Waals surface area (Å²) in [5, 5.41) is 11.5. The Morgan fingerprint density at radius 2 is 1.84 bits per heavy atom. The summed E-state index contributed by atoms with van der Waals surface area (Å²) < 4.78 is 30.1. The van der Waals surface area contributed by atoms with Crippen LogP contribution in [-0.4, -0.2) is 61.6 Å². The minimum atomic E-state index is -0.707. The molecule has 2 heterocycles. The van der Waals surface area contributed by atoms with Gasteiger partial charge in [0.2, 0.25) is 5.78 Å². The standard InChI is InChI=1S/C29H37ClO7/c1-20(31)8-14-24-25(27(18-26(24)32)37-29-7-3-5-17-34-29)15-13-23(36-28-6-2-4-16-33-28)19-35-22-11-9-21(30)10-12-22/h9-13,15,23-29,32H,2-7,16-19H2,1H3. The van der Waals surface area contributed by atoms with Crippen molar-refractivity contribution in [2.75, 3.05) is 19.8 Å². The van der Waals surface area contributed by atoms with Gasteiger partial charge in [0.1, 0.15) is 18.5 Å². The Bertz CT molecular complexity index is 941. The SMILES string of the molecule is CC(=O)C#CC1C(O)CC(OC2CCCCO2)C1C=CC(COc1ccc(Cl)cc1)OC1CCCCO1. The molecule has 8 heteroatoms. The Balaban J connectivity index is 1.50. The highest BCUT2D eigenvalue weighted by Crippen LogP contribution is 2.37. The van der Waals surface area contributed by atoms with Crippen LogP contribution < -0.4 is 4.74 Å². The van der Waals surface area contributed by atoms with E-state index in [2.05, 4.69) is 11.8 Å². The van der Waals surface area contributed by atoms with E-state index >= 15 is 0 Å². The number of hydrogen-bond acceptors (Lipinski definition) is 7. The van der Waals surface area contributed by atoms with E-state index in [0.717, 1.165) is 38.5 Å². The first-order chi connectivity index (χ1) is 18.0. The molecule has 0 amide bonds. The Morgan fingerprint density at radius 1 is 1.14 bits per heavy atom. The molecule has 202 valence electrons. The van der Waals surface area contributed by atoms with Crippen molar-refractivity contribution in [1.29, 1.82) is 0 Å². The van der Waals surface area contributed by atoms with E-state index in [1.54, 1.807) is 12.1 Å². The van der Waals surface area contributed by atoms with Crippen molar-refractivity contribution in [2.24, 2.45) is 11.8 Å². The van der Waals surface area contributed by atoms with Gasteiger partial charge in [0.25, 0.3) is 0 Å². The molecule has 1 aromatic carbocycles. The fourth-order valence-electron chi connectivity index (χ4n) is 4.93. The molecule has 0 radical (unpaired) electrons. The second-order valence-corrected chi connectivity index (χ2v) is 10.3. The number of aliphatic hydroxyl groups is 1. The number of aliphatic hydroxyl groups excluding tert-OH is 1. The van der Waals surface area contributed by atoms with Crippen molar-refractivity contribution < 1.29 is 33.6 Å². The highest BCUT2D eigenvalue weighted by atomic mass is 35.5. The molecule has 4 rings (SSSR count). The van der Waals surface area contributed by atoms with E-state index < -0.39 is 18.1 Å². The number of Topliss-reactive ketones (excluding diaryl/α,β-unsaturated/α-hetero) is 1. The van der Waals surface area contributed by atoms with Gasteiger partial charge in [0, 0.05) is 37.5 Å². The summed E-state index contributed by atoms with van der Waals surface area (Å²) >= 11 is 6.00. The lowest BCUT2D eigenvalue weighted by atomic mass is 9.93. The lowest BCUT2D eigenvalue weighted by Crippen LogP contribution is -2.32. The third kappa shape index (κ3) is 8.81.